The van der Waals surface area contributed by atoms with Crippen LogP contribution in [0, 0.1) is 6.33 Å². The fraction of sp³-hybridized carbons (Fsp3) is 0.375. The fourth-order valence-corrected chi connectivity index (χ4v) is 1.41. The molecule has 0 spiro atoms. The van der Waals surface area contributed by atoms with Crippen molar-refractivity contribution < 1.29 is 0 Å². The molecule has 0 aliphatic rings. The maximum atomic E-state index is 11.7. The fourth-order valence-electron chi connectivity index (χ4n) is 1.41. The summed E-state index contributed by atoms with van der Waals surface area (Å²) in [6, 6.07) is 0. The number of fused-ring (bicyclic) bond motifs is 1. The summed E-state index contributed by atoms with van der Waals surface area (Å²) in [5.74, 6) is 0. The van der Waals surface area contributed by atoms with Crippen molar-refractivity contribution in [2.45, 2.75) is 0 Å². The molecular formula is C8H9N4O2. The van der Waals surface area contributed by atoms with E-state index in [0.717, 1.165) is 4.57 Å². The van der Waals surface area contributed by atoms with E-state index in [-0.39, 0.29) is 11.2 Å². The SMILES string of the molecule is Cn1c(=O)c2c(n[c]n2C)n(C)c1=O. The molecule has 0 aliphatic carbocycles. The molecule has 14 heavy (non-hydrogen) atoms. The molecule has 2 aromatic heterocycles. The van der Waals surface area contributed by atoms with Crippen LogP contribution in [0.2, 0.25) is 0 Å². The Hall–Kier alpha value is -1.85. The molecule has 0 saturated carbocycles. The number of aryl methyl sites for hydroxylation is 2. The van der Waals surface area contributed by atoms with Crippen LogP contribution < -0.4 is 11.2 Å². The van der Waals surface area contributed by atoms with E-state index in [2.05, 4.69) is 11.3 Å². The van der Waals surface area contributed by atoms with Gasteiger partial charge in [-0.25, -0.2) is 9.78 Å². The van der Waals surface area contributed by atoms with Crippen molar-refractivity contribution in [1.82, 2.24) is 18.7 Å². The van der Waals surface area contributed by atoms with Crippen LogP contribution in [0.25, 0.3) is 11.2 Å². The van der Waals surface area contributed by atoms with Crippen LogP contribution >= 0.6 is 0 Å². The molecular weight excluding hydrogens is 184 g/mol. The second kappa shape index (κ2) is 2.57. The summed E-state index contributed by atoms with van der Waals surface area (Å²) in [5.41, 5.74) is 0.0177. The molecule has 0 aromatic carbocycles. The van der Waals surface area contributed by atoms with Gasteiger partial charge < -0.3 is 4.57 Å². The van der Waals surface area contributed by atoms with E-state index in [1.54, 1.807) is 14.1 Å². The summed E-state index contributed by atoms with van der Waals surface area (Å²) in [7, 11) is 4.68. The van der Waals surface area contributed by atoms with Crippen molar-refractivity contribution in [3.63, 3.8) is 0 Å². The molecule has 0 aliphatic heterocycles. The number of aromatic nitrogens is 4. The zero-order valence-electron chi connectivity index (χ0n) is 8.11. The third kappa shape index (κ3) is 0.876. The van der Waals surface area contributed by atoms with Gasteiger partial charge in [0.2, 0.25) is 0 Å². The molecule has 2 aromatic rings. The Labute approximate surface area is 79.0 Å². The monoisotopic (exact) mass is 193 g/mol. The zero-order valence-corrected chi connectivity index (χ0v) is 8.11. The number of rotatable bonds is 0. The molecule has 0 atom stereocenters. The summed E-state index contributed by atoms with van der Waals surface area (Å²) in [6.07, 6.45) is 2.61. The molecule has 1 radical (unpaired) electrons. The van der Waals surface area contributed by atoms with E-state index in [1.165, 1.54) is 16.2 Å². The van der Waals surface area contributed by atoms with Crippen molar-refractivity contribution in [2.75, 3.05) is 0 Å². The third-order valence-corrected chi connectivity index (χ3v) is 2.25. The second-order valence-electron chi connectivity index (χ2n) is 3.15. The first kappa shape index (κ1) is 8.74. The lowest BCUT2D eigenvalue weighted by Gasteiger charge is -2.02. The van der Waals surface area contributed by atoms with E-state index in [1.807, 2.05) is 0 Å². The average molecular weight is 193 g/mol. The minimum atomic E-state index is -0.380. The first-order chi connectivity index (χ1) is 6.54. The van der Waals surface area contributed by atoms with Crippen molar-refractivity contribution in [3.05, 3.63) is 27.2 Å². The molecule has 6 nitrogen and oxygen atoms in total. The highest BCUT2D eigenvalue weighted by atomic mass is 16.2. The third-order valence-electron chi connectivity index (χ3n) is 2.25. The number of hydrogen-bond acceptors (Lipinski definition) is 3. The average Bonchev–Trinajstić information content (AvgIpc) is 2.54. The van der Waals surface area contributed by atoms with Crippen molar-refractivity contribution in [3.8, 4) is 0 Å². The number of nitrogens with zero attached hydrogens (tertiary/aromatic N) is 4. The first-order valence-electron chi connectivity index (χ1n) is 4.04. The van der Waals surface area contributed by atoms with Crippen LogP contribution in [0.4, 0.5) is 0 Å². The Morgan fingerprint density at radius 3 is 2.43 bits per heavy atom. The molecule has 0 bridgehead atoms. The van der Waals surface area contributed by atoms with E-state index in [4.69, 9.17) is 0 Å². The molecule has 0 fully saturated rings. The summed E-state index contributed by atoms with van der Waals surface area (Å²) in [6.45, 7) is 0. The largest absolute Gasteiger partial charge is 0.332 e. The van der Waals surface area contributed by atoms with Gasteiger partial charge in [0.1, 0.15) is 0 Å². The molecule has 2 heterocycles. The van der Waals surface area contributed by atoms with Gasteiger partial charge in [-0.2, -0.15) is 0 Å². The lowest BCUT2D eigenvalue weighted by Crippen LogP contribution is -2.37. The van der Waals surface area contributed by atoms with Crippen molar-refractivity contribution in [2.24, 2.45) is 21.1 Å². The highest BCUT2D eigenvalue weighted by Crippen LogP contribution is 2.01. The van der Waals surface area contributed by atoms with Gasteiger partial charge in [0.15, 0.2) is 17.5 Å². The van der Waals surface area contributed by atoms with Gasteiger partial charge in [-0.1, -0.05) is 0 Å². The van der Waals surface area contributed by atoms with Crippen LogP contribution in [-0.2, 0) is 21.1 Å². The molecule has 73 valence electrons. The maximum Gasteiger partial charge on any atom is 0.332 e. The smallest absolute Gasteiger partial charge is 0.319 e. The molecule has 0 N–H and O–H groups in total. The van der Waals surface area contributed by atoms with Crippen molar-refractivity contribution in [1.29, 1.82) is 0 Å². The van der Waals surface area contributed by atoms with Gasteiger partial charge in [0.25, 0.3) is 5.56 Å². The van der Waals surface area contributed by atoms with E-state index in [0.29, 0.717) is 11.2 Å². The Morgan fingerprint density at radius 1 is 1.14 bits per heavy atom. The first-order valence-corrected chi connectivity index (χ1v) is 4.04. The summed E-state index contributed by atoms with van der Waals surface area (Å²) in [4.78, 5) is 27.0. The van der Waals surface area contributed by atoms with Crippen LogP contribution in [-0.4, -0.2) is 18.7 Å². The minimum absolute atomic E-state index is 0.348. The second-order valence-corrected chi connectivity index (χ2v) is 3.15. The van der Waals surface area contributed by atoms with E-state index < -0.39 is 0 Å². The normalized spacial score (nSPS) is 11.1. The Balaban J connectivity index is 3.22. The lowest BCUT2D eigenvalue weighted by molar-refractivity contribution is 0.705. The predicted molar refractivity (Wildman–Crippen MR) is 50.0 cm³/mol. The Kier molecular flexibility index (Phi) is 1.60. The Bertz CT molecular complexity index is 617. The highest BCUT2D eigenvalue weighted by molar-refractivity contribution is 5.69. The van der Waals surface area contributed by atoms with Gasteiger partial charge in [-0.05, 0) is 0 Å². The zero-order chi connectivity index (χ0) is 10.5. The molecule has 2 rings (SSSR count). The molecule has 0 saturated heterocycles. The van der Waals surface area contributed by atoms with Crippen LogP contribution in [0.1, 0.15) is 0 Å². The van der Waals surface area contributed by atoms with Gasteiger partial charge in [-0.3, -0.25) is 13.9 Å². The minimum Gasteiger partial charge on any atom is -0.319 e. The summed E-state index contributed by atoms with van der Waals surface area (Å²) in [5, 5.41) is 0. The standard InChI is InChI=1S/C8H9N4O2/c1-10-4-9-6-5(10)7(13)12(3)8(14)11(6)2/h1-3H3. The van der Waals surface area contributed by atoms with Crippen LogP contribution in [0.5, 0.6) is 0 Å². The predicted octanol–water partition coefficient (Wildman–Crippen LogP) is -1.23. The van der Waals surface area contributed by atoms with E-state index in [9.17, 15) is 9.59 Å². The summed E-state index contributed by atoms with van der Waals surface area (Å²) >= 11 is 0. The highest BCUT2D eigenvalue weighted by Gasteiger charge is 2.11. The van der Waals surface area contributed by atoms with Gasteiger partial charge in [0, 0.05) is 21.1 Å². The lowest BCUT2D eigenvalue weighted by atomic mass is 10.5. The Morgan fingerprint density at radius 2 is 1.79 bits per heavy atom. The number of imidazole rings is 1. The van der Waals surface area contributed by atoms with E-state index >= 15 is 0 Å². The quantitative estimate of drug-likeness (QED) is 0.526. The van der Waals surface area contributed by atoms with Gasteiger partial charge in [-0.15, -0.1) is 0 Å². The molecule has 0 unspecified atom stereocenters. The van der Waals surface area contributed by atoms with Crippen LogP contribution in [0.15, 0.2) is 9.59 Å². The molecule has 6 heteroatoms. The van der Waals surface area contributed by atoms with Crippen LogP contribution in [0.3, 0.4) is 0 Å². The number of hydrogen-bond donors (Lipinski definition) is 0. The maximum absolute atomic E-state index is 11.7. The van der Waals surface area contributed by atoms with Gasteiger partial charge in [0.05, 0.1) is 0 Å². The van der Waals surface area contributed by atoms with Gasteiger partial charge >= 0.3 is 5.69 Å². The topological polar surface area (TPSA) is 61.8 Å². The summed E-state index contributed by atoms with van der Waals surface area (Å²) < 4.78 is 3.86. The van der Waals surface area contributed by atoms with Crippen molar-refractivity contribution >= 4 is 11.2 Å². The molecule has 0 amide bonds.